The molecule has 150 valence electrons. The lowest BCUT2D eigenvalue weighted by Gasteiger charge is -2.18. The van der Waals surface area contributed by atoms with Crippen LogP contribution in [0, 0.1) is 5.82 Å². The SMILES string of the molecule is CCN(CC)CCOc1ccc(/C(=C\c2ccncc2)c2ccccc2F)cc1. The molecule has 0 spiro atoms. The van der Waals surface area contributed by atoms with E-state index in [1.54, 1.807) is 24.5 Å². The number of benzene rings is 2. The van der Waals surface area contributed by atoms with Gasteiger partial charge in [0, 0.05) is 24.5 Å². The Hall–Kier alpha value is -2.98. The molecule has 0 saturated carbocycles. The number of halogens is 1. The second kappa shape index (κ2) is 10.5. The molecule has 0 fully saturated rings. The molecule has 1 aromatic heterocycles. The van der Waals surface area contributed by atoms with Crippen molar-refractivity contribution in [2.24, 2.45) is 0 Å². The fourth-order valence-corrected chi connectivity index (χ4v) is 3.19. The molecule has 29 heavy (non-hydrogen) atoms. The van der Waals surface area contributed by atoms with E-state index >= 15 is 0 Å². The summed E-state index contributed by atoms with van der Waals surface area (Å²) in [6.45, 7) is 7.88. The molecule has 4 heteroatoms. The number of likely N-dealkylation sites (N-methyl/N-ethyl adjacent to an activating group) is 1. The predicted octanol–water partition coefficient (Wildman–Crippen LogP) is 5.53. The summed E-state index contributed by atoms with van der Waals surface area (Å²) in [5, 5.41) is 0. The molecule has 0 saturated heterocycles. The Morgan fingerprint density at radius 2 is 1.66 bits per heavy atom. The molecule has 0 amide bonds. The molecule has 3 rings (SSSR count). The van der Waals surface area contributed by atoms with Crippen LogP contribution in [0.2, 0.25) is 0 Å². The van der Waals surface area contributed by atoms with E-state index in [-0.39, 0.29) is 5.82 Å². The Labute approximate surface area is 172 Å². The van der Waals surface area contributed by atoms with Crippen molar-refractivity contribution in [3.05, 3.63) is 95.6 Å². The summed E-state index contributed by atoms with van der Waals surface area (Å²) in [6.07, 6.45) is 5.45. The molecule has 0 aliphatic rings. The van der Waals surface area contributed by atoms with Crippen LogP contribution in [0.5, 0.6) is 5.75 Å². The number of nitrogens with zero attached hydrogens (tertiary/aromatic N) is 2. The van der Waals surface area contributed by atoms with E-state index in [1.165, 1.54) is 6.07 Å². The minimum Gasteiger partial charge on any atom is -0.492 e. The van der Waals surface area contributed by atoms with E-state index in [0.717, 1.165) is 42.1 Å². The van der Waals surface area contributed by atoms with E-state index in [9.17, 15) is 4.39 Å². The van der Waals surface area contributed by atoms with Crippen molar-refractivity contribution < 1.29 is 9.13 Å². The van der Waals surface area contributed by atoms with E-state index in [2.05, 4.69) is 23.7 Å². The Balaban J connectivity index is 1.83. The average Bonchev–Trinajstić information content (AvgIpc) is 2.77. The van der Waals surface area contributed by atoms with Crippen molar-refractivity contribution in [2.45, 2.75) is 13.8 Å². The second-order valence-electron chi connectivity index (χ2n) is 6.72. The van der Waals surface area contributed by atoms with Gasteiger partial charge in [-0.05, 0) is 66.2 Å². The molecular formula is C25H27FN2O. The number of ether oxygens (including phenoxy) is 1. The van der Waals surface area contributed by atoms with Crippen molar-refractivity contribution in [3.63, 3.8) is 0 Å². The van der Waals surface area contributed by atoms with Crippen molar-refractivity contribution >= 4 is 11.6 Å². The van der Waals surface area contributed by atoms with Crippen LogP contribution in [0.3, 0.4) is 0 Å². The topological polar surface area (TPSA) is 25.4 Å². The van der Waals surface area contributed by atoms with Gasteiger partial charge in [0.2, 0.25) is 0 Å². The summed E-state index contributed by atoms with van der Waals surface area (Å²) in [7, 11) is 0. The smallest absolute Gasteiger partial charge is 0.131 e. The van der Waals surface area contributed by atoms with Crippen LogP contribution in [-0.2, 0) is 0 Å². The molecule has 0 N–H and O–H groups in total. The molecule has 0 atom stereocenters. The van der Waals surface area contributed by atoms with Gasteiger partial charge in [-0.2, -0.15) is 0 Å². The minimum atomic E-state index is -0.243. The molecule has 2 aromatic carbocycles. The summed E-state index contributed by atoms with van der Waals surface area (Å²) in [6, 6.07) is 18.5. The molecule has 3 aromatic rings. The number of rotatable bonds is 9. The highest BCUT2D eigenvalue weighted by molar-refractivity contribution is 5.91. The first-order valence-corrected chi connectivity index (χ1v) is 10.0. The van der Waals surface area contributed by atoms with Gasteiger partial charge in [0.1, 0.15) is 18.2 Å². The molecule has 0 unspecified atom stereocenters. The maximum Gasteiger partial charge on any atom is 0.131 e. The van der Waals surface area contributed by atoms with Crippen LogP contribution in [0.1, 0.15) is 30.5 Å². The van der Waals surface area contributed by atoms with Crippen LogP contribution in [0.15, 0.2) is 73.1 Å². The summed E-state index contributed by atoms with van der Waals surface area (Å²) >= 11 is 0. The summed E-state index contributed by atoms with van der Waals surface area (Å²) in [5.41, 5.74) is 3.30. The highest BCUT2D eigenvalue weighted by Crippen LogP contribution is 2.29. The van der Waals surface area contributed by atoms with E-state index in [1.807, 2.05) is 48.5 Å². The van der Waals surface area contributed by atoms with Gasteiger partial charge in [-0.25, -0.2) is 4.39 Å². The highest BCUT2D eigenvalue weighted by Gasteiger charge is 2.11. The molecule has 0 aliphatic carbocycles. The Kier molecular flexibility index (Phi) is 7.54. The first-order valence-electron chi connectivity index (χ1n) is 10.0. The number of aromatic nitrogens is 1. The zero-order chi connectivity index (χ0) is 20.5. The van der Waals surface area contributed by atoms with Crippen molar-refractivity contribution in [2.75, 3.05) is 26.2 Å². The number of pyridine rings is 1. The monoisotopic (exact) mass is 390 g/mol. The molecule has 0 radical (unpaired) electrons. The third-order valence-corrected chi connectivity index (χ3v) is 4.92. The lowest BCUT2D eigenvalue weighted by molar-refractivity contribution is 0.223. The Morgan fingerprint density at radius 1 is 0.966 bits per heavy atom. The molecule has 0 aliphatic heterocycles. The van der Waals surface area contributed by atoms with Gasteiger partial charge in [-0.15, -0.1) is 0 Å². The first-order chi connectivity index (χ1) is 14.2. The standard InChI is InChI=1S/C25H27FN2O/c1-3-28(4-2)17-18-29-22-11-9-21(10-12-22)24(19-20-13-15-27-16-14-20)23-7-5-6-8-25(23)26/h5-16,19H,3-4,17-18H2,1-2H3/b24-19+. The maximum atomic E-state index is 14.5. The second-order valence-corrected chi connectivity index (χ2v) is 6.72. The fourth-order valence-electron chi connectivity index (χ4n) is 3.19. The highest BCUT2D eigenvalue weighted by atomic mass is 19.1. The zero-order valence-corrected chi connectivity index (χ0v) is 17.0. The molecule has 3 nitrogen and oxygen atoms in total. The van der Waals surface area contributed by atoms with E-state index < -0.39 is 0 Å². The number of hydrogen-bond donors (Lipinski definition) is 0. The van der Waals surface area contributed by atoms with E-state index in [0.29, 0.717) is 12.2 Å². The predicted molar refractivity (Wildman–Crippen MR) is 117 cm³/mol. The minimum absolute atomic E-state index is 0.243. The van der Waals surface area contributed by atoms with Gasteiger partial charge in [0.05, 0.1) is 0 Å². The maximum absolute atomic E-state index is 14.5. The number of hydrogen-bond acceptors (Lipinski definition) is 3. The Bertz CT molecular complexity index is 919. The van der Waals surface area contributed by atoms with Crippen LogP contribution in [0.25, 0.3) is 11.6 Å². The van der Waals surface area contributed by atoms with Gasteiger partial charge >= 0.3 is 0 Å². The van der Waals surface area contributed by atoms with Crippen LogP contribution in [-0.4, -0.2) is 36.1 Å². The normalized spacial score (nSPS) is 11.7. The van der Waals surface area contributed by atoms with Crippen LogP contribution in [0.4, 0.5) is 4.39 Å². The third kappa shape index (κ3) is 5.75. The van der Waals surface area contributed by atoms with Gasteiger partial charge in [0.15, 0.2) is 0 Å². The Morgan fingerprint density at radius 3 is 2.31 bits per heavy atom. The van der Waals surface area contributed by atoms with Crippen molar-refractivity contribution in [1.29, 1.82) is 0 Å². The fraction of sp³-hybridized carbons (Fsp3) is 0.240. The average molecular weight is 391 g/mol. The summed E-state index contributed by atoms with van der Waals surface area (Å²) in [5.74, 6) is 0.574. The molecule has 0 bridgehead atoms. The molecule has 1 heterocycles. The van der Waals surface area contributed by atoms with Crippen LogP contribution < -0.4 is 4.74 Å². The van der Waals surface area contributed by atoms with E-state index in [4.69, 9.17) is 4.74 Å². The van der Waals surface area contributed by atoms with Gasteiger partial charge in [0.25, 0.3) is 0 Å². The summed E-state index contributed by atoms with van der Waals surface area (Å²) in [4.78, 5) is 6.38. The van der Waals surface area contributed by atoms with Crippen molar-refractivity contribution in [3.8, 4) is 5.75 Å². The van der Waals surface area contributed by atoms with Gasteiger partial charge in [-0.1, -0.05) is 44.2 Å². The largest absolute Gasteiger partial charge is 0.492 e. The lowest BCUT2D eigenvalue weighted by Crippen LogP contribution is -2.27. The van der Waals surface area contributed by atoms with Gasteiger partial charge in [-0.3, -0.25) is 4.98 Å². The van der Waals surface area contributed by atoms with Crippen molar-refractivity contribution in [1.82, 2.24) is 9.88 Å². The quantitative estimate of drug-likeness (QED) is 0.480. The summed E-state index contributed by atoms with van der Waals surface area (Å²) < 4.78 is 20.4. The first kappa shape index (κ1) is 20.7. The zero-order valence-electron chi connectivity index (χ0n) is 17.0. The van der Waals surface area contributed by atoms with Gasteiger partial charge < -0.3 is 9.64 Å². The third-order valence-electron chi connectivity index (χ3n) is 4.92. The molecular weight excluding hydrogens is 363 g/mol. The lowest BCUT2D eigenvalue weighted by atomic mass is 9.95. The van der Waals surface area contributed by atoms with Crippen LogP contribution >= 0.6 is 0 Å².